The Bertz CT molecular complexity index is 254. The molecule has 2 aliphatic rings. The molecule has 3 heteroatoms. The normalized spacial score (nSPS) is 37.9. The number of thioether (sulfide) groups is 1. The summed E-state index contributed by atoms with van der Waals surface area (Å²) >= 11 is 1.91. The van der Waals surface area contributed by atoms with Crippen molar-refractivity contribution in [1.29, 1.82) is 0 Å². The van der Waals surface area contributed by atoms with E-state index >= 15 is 0 Å². The molecule has 94 valence electrons. The van der Waals surface area contributed by atoms with E-state index in [0.29, 0.717) is 16.7 Å². The number of nitrogens with one attached hydrogen (secondary N) is 1. The summed E-state index contributed by atoms with van der Waals surface area (Å²) < 4.78 is 0. The molecule has 2 nitrogen and oxygen atoms in total. The van der Waals surface area contributed by atoms with Crippen molar-refractivity contribution in [2.24, 2.45) is 5.41 Å². The van der Waals surface area contributed by atoms with Gasteiger partial charge in [0.2, 0.25) is 0 Å². The fourth-order valence-corrected chi connectivity index (χ4v) is 3.64. The van der Waals surface area contributed by atoms with Crippen LogP contribution in [0.15, 0.2) is 0 Å². The van der Waals surface area contributed by atoms with E-state index in [9.17, 15) is 5.11 Å². The maximum Gasteiger partial charge on any atom is 0.0889 e. The quantitative estimate of drug-likeness (QED) is 0.751. The van der Waals surface area contributed by atoms with Crippen LogP contribution in [0.5, 0.6) is 0 Å². The molecule has 0 spiro atoms. The Kier molecular flexibility index (Phi) is 3.58. The molecule has 0 heterocycles. The zero-order valence-electron chi connectivity index (χ0n) is 10.8. The molecule has 0 aromatic heterocycles. The van der Waals surface area contributed by atoms with E-state index in [1.165, 1.54) is 19.3 Å². The van der Waals surface area contributed by atoms with Crippen LogP contribution in [0.1, 0.15) is 46.5 Å². The highest BCUT2D eigenvalue weighted by Gasteiger charge is 2.47. The Morgan fingerprint density at radius 3 is 2.56 bits per heavy atom. The van der Waals surface area contributed by atoms with Gasteiger partial charge < -0.3 is 10.4 Å². The molecule has 0 bridgehead atoms. The average molecular weight is 243 g/mol. The van der Waals surface area contributed by atoms with Crippen LogP contribution in [-0.2, 0) is 0 Å². The first-order chi connectivity index (χ1) is 7.50. The molecule has 0 aromatic rings. The van der Waals surface area contributed by atoms with Gasteiger partial charge in [-0.3, -0.25) is 0 Å². The van der Waals surface area contributed by atoms with Gasteiger partial charge in [0, 0.05) is 17.8 Å². The van der Waals surface area contributed by atoms with Gasteiger partial charge in [-0.2, -0.15) is 11.8 Å². The summed E-state index contributed by atoms with van der Waals surface area (Å²) in [5.74, 6) is 1.11. The second kappa shape index (κ2) is 4.51. The van der Waals surface area contributed by atoms with Gasteiger partial charge in [-0.25, -0.2) is 0 Å². The van der Waals surface area contributed by atoms with Crippen molar-refractivity contribution in [3.63, 3.8) is 0 Å². The standard InChI is InChI=1S/C13H25NOS/c1-4-16-11-5-6-13(11,15)9-14-10(2)12(3)7-8-12/h10-11,14-15H,4-9H2,1-3H3. The zero-order valence-corrected chi connectivity index (χ0v) is 11.6. The van der Waals surface area contributed by atoms with Crippen molar-refractivity contribution >= 4 is 11.8 Å². The second-order valence-corrected chi connectivity index (χ2v) is 7.32. The van der Waals surface area contributed by atoms with E-state index in [2.05, 4.69) is 26.1 Å². The largest absolute Gasteiger partial charge is 0.387 e. The summed E-state index contributed by atoms with van der Waals surface area (Å²) in [6.45, 7) is 7.55. The summed E-state index contributed by atoms with van der Waals surface area (Å²) in [6, 6.07) is 0.546. The number of hydrogen-bond donors (Lipinski definition) is 2. The molecule has 0 aromatic carbocycles. The fraction of sp³-hybridized carbons (Fsp3) is 1.00. The molecule has 0 radical (unpaired) electrons. The number of hydrogen-bond acceptors (Lipinski definition) is 3. The average Bonchev–Trinajstić information content (AvgIpc) is 3.00. The molecule has 0 amide bonds. The predicted molar refractivity (Wildman–Crippen MR) is 70.9 cm³/mol. The smallest absolute Gasteiger partial charge is 0.0889 e. The molecule has 3 atom stereocenters. The van der Waals surface area contributed by atoms with Crippen LogP contribution >= 0.6 is 11.8 Å². The van der Waals surface area contributed by atoms with Gasteiger partial charge in [0.15, 0.2) is 0 Å². The molecule has 16 heavy (non-hydrogen) atoms. The van der Waals surface area contributed by atoms with Gasteiger partial charge in [-0.1, -0.05) is 13.8 Å². The van der Waals surface area contributed by atoms with Crippen molar-refractivity contribution < 1.29 is 5.11 Å². The molecule has 0 aliphatic heterocycles. The van der Waals surface area contributed by atoms with Gasteiger partial charge in [-0.05, 0) is 43.8 Å². The summed E-state index contributed by atoms with van der Waals surface area (Å²) in [7, 11) is 0. The summed E-state index contributed by atoms with van der Waals surface area (Å²) in [5.41, 5.74) is 0.0771. The Labute approximate surface area is 104 Å². The first kappa shape index (κ1) is 12.7. The summed E-state index contributed by atoms with van der Waals surface area (Å²) in [4.78, 5) is 0. The van der Waals surface area contributed by atoms with Crippen LogP contribution in [0.25, 0.3) is 0 Å². The fourth-order valence-electron chi connectivity index (χ4n) is 2.44. The highest BCUT2D eigenvalue weighted by Crippen LogP contribution is 2.48. The first-order valence-corrected chi connectivity index (χ1v) is 7.62. The van der Waals surface area contributed by atoms with Crippen LogP contribution in [0, 0.1) is 5.41 Å². The number of rotatable bonds is 6. The van der Waals surface area contributed by atoms with Crippen LogP contribution in [0.3, 0.4) is 0 Å². The molecule has 3 unspecified atom stereocenters. The Morgan fingerprint density at radius 1 is 1.44 bits per heavy atom. The Morgan fingerprint density at radius 2 is 2.12 bits per heavy atom. The zero-order chi connectivity index (χ0) is 11.8. The van der Waals surface area contributed by atoms with Crippen LogP contribution in [-0.4, -0.2) is 34.3 Å². The molecule has 2 saturated carbocycles. The van der Waals surface area contributed by atoms with Crippen molar-refractivity contribution in [1.82, 2.24) is 5.32 Å². The van der Waals surface area contributed by atoms with E-state index in [1.807, 2.05) is 11.8 Å². The lowest BCUT2D eigenvalue weighted by Crippen LogP contribution is -2.58. The van der Waals surface area contributed by atoms with Gasteiger partial charge >= 0.3 is 0 Å². The second-order valence-electron chi connectivity index (χ2n) is 5.84. The van der Waals surface area contributed by atoms with E-state index in [1.54, 1.807) is 0 Å². The predicted octanol–water partition coefficient (Wildman–Crippen LogP) is 2.41. The molecule has 2 aliphatic carbocycles. The van der Waals surface area contributed by atoms with E-state index < -0.39 is 5.60 Å². The summed E-state index contributed by atoms with van der Waals surface area (Å²) in [6.07, 6.45) is 4.84. The summed E-state index contributed by atoms with van der Waals surface area (Å²) in [5, 5.41) is 14.5. The van der Waals surface area contributed by atoms with Crippen LogP contribution in [0.2, 0.25) is 0 Å². The lowest BCUT2D eigenvalue weighted by Gasteiger charge is -2.46. The number of aliphatic hydroxyl groups is 1. The monoisotopic (exact) mass is 243 g/mol. The van der Waals surface area contributed by atoms with Gasteiger partial charge in [0.05, 0.1) is 5.60 Å². The molecule has 0 saturated heterocycles. The molecular weight excluding hydrogens is 218 g/mol. The van der Waals surface area contributed by atoms with Crippen molar-refractivity contribution in [2.75, 3.05) is 12.3 Å². The lowest BCUT2D eigenvalue weighted by atomic mass is 9.79. The third-order valence-electron chi connectivity index (χ3n) is 4.61. The highest BCUT2D eigenvalue weighted by molar-refractivity contribution is 8.00. The minimum atomic E-state index is -0.430. The van der Waals surface area contributed by atoms with Crippen LogP contribution in [0.4, 0.5) is 0 Å². The third-order valence-corrected chi connectivity index (χ3v) is 6.02. The van der Waals surface area contributed by atoms with E-state index in [4.69, 9.17) is 0 Å². The highest BCUT2D eigenvalue weighted by atomic mass is 32.2. The molecule has 2 N–H and O–H groups in total. The molecule has 2 fully saturated rings. The first-order valence-electron chi connectivity index (χ1n) is 6.57. The van der Waals surface area contributed by atoms with E-state index in [0.717, 1.165) is 18.7 Å². The van der Waals surface area contributed by atoms with Gasteiger partial charge in [-0.15, -0.1) is 0 Å². The van der Waals surface area contributed by atoms with Crippen LogP contribution < -0.4 is 5.32 Å². The van der Waals surface area contributed by atoms with Gasteiger partial charge in [0.1, 0.15) is 0 Å². The lowest BCUT2D eigenvalue weighted by molar-refractivity contribution is -0.0263. The molecular formula is C13H25NOS. The topological polar surface area (TPSA) is 32.3 Å². The Hall–Kier alpha value is 0.270. The minimum absolute atomic E-state index is 0.430. The third kappa shape index (κ3) is 2.41. The van der Waals surface area contributed by atoms with Gasteiger partial charge in [0.25, 0.3) is 0 Å². The maximum atomic E-state index is 10.5. The van der Waals surface area contributed by atoms with Crippen molar-refractivity contribution in [3.05, 3.63) is 0 Å². The van der Waals surface area contributed by atoms with Crippen molar-refractivity contribution in [3.8, 4) is 0 Å². The van der Waals surface area contributed by atoms with Crippen molar-refractivity contribution in [2.45, 2.75) is 63.3 Å². The Balaban J connectivity index is 1.76. The maximum absolute atomic E-state index is 10.5. The molecule has 2 rings (SSSR count). The SMILES string of the molecule is CCSC1CCC1(O)CNC(C)C1(C)CC1. The minimum Gasteiger partial charge on any atom is -0.387 e. The van der Waals surface area contributed by atoms with E-state index in [-0.39, 0.29) is 0 Å².